The number of furan rings is 1. The summed E-state index contributed by atoms with van der Waals surface area (Å²) < 4.78 is 37.5. The van der Waals surface area contributed by atoms with Crippen molar-refractivity contribution in [3.8, 4) is 5.75 Å². The summed E-state index contributed by atoms with van der Waals surface area (Å²) in [5.41, 5.74) is 1.74. The van der Waals surface area contributed by atoms with Gasteiger partial charge in [-0.05, 0) is 55.7 Å². The molecular formula is C15H19NO4S. The zero-order valence-electron chi connectivity index (χ0n) is 12.3. The van der Waals surface area contributed by atoms with Gasteiger partial charge in [0, 0.05) is 6.04 Å². The van der Waals surface area contributed by atoms with Gasteiger partial charge in [-0.25, -0.2) is 13.1 Å². The fourth-order valence-electron chi connectivity index (χ4n) is 2.15. The van der Waals surface area contributed by atoms with E-state index >= 15 is 0 Å². The molecule has 5 nitrogen and oxygen atoms in total. The normalized spacial score (nSPS) is 13.1. The van der Waals surface area contributed by atoms with Crippen molar-refractivity contribution in [3.05, 3.63) is 47.9 Å². The Balaban J connectivity index is 2.12. The number of ether oxygens (including phenoxy) is 1. The highest BCUT2D eigenvalue weighted by Gasteiger charge is 2.18. The van der Waals surface area contributed by atoms with E-state index in [1.807, 2.05) is 19.9 Å². The molecule has 0 fully saturated rings. The van der Waals surface area contributed by atoms with Crippen LogP contribution in [-0.4, -0.2) is 21.6 Å². The monoisotopic (exact) mass is 309 g/mol. The second-order valence-electron chi connectivity index (χ2n) is 4.99. The lowest BCUT2D eigenvalue weighted by molar-refractivity contribution is 0.411. The number of benzene rings is 1. The van der Waals surface area contributed by atoms with Crippen LogP contribution in [0.25, 0.3) is 0 Å². The van der Waals surface area contributed by atoms with Crippen LogP contribution >= 0.6 is 0 Å². The Bertz CT molecular complexity index is 692. The zero-order chi connectivity index (χ0) is 15.5. The van der Waals surface area contributed by atoms with E-state index in [1.165, 1.54) is 0 Å². The van der Waals surface area contributed by atoms with E-state index in [-0.39, 0.29) is 10.9 Å². The number of aryl methyl sites for hydroxylation is 1. The molecule has 114 valence electrons. The first-order valence-corrected chi connectivity index (χ1v) is 8.09. The Hall–Kier alpha value is -1.79. The van der Waals surface area contributed by atoms with Gasteiger partial charge in [-0.2, -0.15) is 0 Å². The predicted octanol–water partition coefficient (Wildman–Crippen LogP) is 2.51. The van der Waals surface area contributed by atoms with Gasteiger partial charge in [0.25, 0.3) is 0 Å². The minimum absolute atomic E-state index is 0.227. The summed E-state index contributed by atoms with van der Waals surface area (Å²) in [6.45, 7) is 3.63. The van der Waals surface area contributed by atoms with E-state index in [9.17, 15) is 8.42 Å². The van der Waals surface area contributed by atoms with Crippen LogP contribution in [0.4, 0.5) is 0 Å². The molecule has 1 unspecified atom stereocenters. The third-order valence-corrected chi connectivity index (χ3v) is 4.74. The molecule has 6 heteroatoms. The average molecular weight is 309 g/mol. The van der Waals surface area contributed by atoms with Gasteiger partial charge >= 0.3 is 0 Å². The molecule has 1 N–H and O–H groups in total. The van der Waals surface area contributed by atoms with Crippen LogP contribution in [0.1, 0.15) is 18.1 Å². The molecule has 0 aliphatic carbocycles. The summed E-state index contributed by atoms with van der Waals surface area (Å²) in [5.74, 6) is 0.667. The zero-order valence-corrected chi connectivity index (χ0v) is 13.1. The van der Waals surface area contributed by atoms with Crippen LogP contribution in [0.2, 0.25) is 0 Å². The lowest BCUT2D eigenvalue weighted by Crippen LogP contribution is -2.34. The van der Waals surface area contributed by atoms with Gasteiger partial charge in [0.2, 0.25) is 10.0 Å². The molecular weight excluding hydrogens is 290 g/mol. The Labute approximate surface area is 125 Å². The van der Waals surface area contributed by atoms with Crippen molar-refractivity contribution < 1.29 is 17.6 Å². The maximum Gasteiger partial charge on any atom is 0.240 e. The molecule has 0 aliphatic rings. The molecule has 1 aromatic carbocycles. The summed E-state index contributed by atoms with van der Waals surface area (Å²) >= 11 is 0. The molecule has 21 heavy (non-hydrogen) atoms. The predicted molar refractivity (Wildman–Crippen MR) is 79.9 cm³/mol. The number of nitrogens with one attached hydrogen (secondary N) is 1. The van der Waals surface area contributed by atoms with E-state index < -0.39 is 10.0 Å². The van der Waals surface area contributed by atoms with Crippen LogP contribution < -0.4 is 9.46 Å². The molecule has 1 atom stereocenters. The number of hydrogen-bond acceptors (Lipinski definition) is 4. The highest BCUT2D eigenvalue weighted by atomic mass is 32.2. The Kier molecular flexibility index (Phi) is 4.69. The first-order valence-electron chi connectivity index (χ1n) is 6.60. The van der Waals surface area contributed by atoms with Crippen molar-refractivity contribution in [2.45, 2.75) is 31.2 Å². The fraction of sp³-hybridized carbons (Fsp3) is 0.333. The maximum absolute atomic E-state index is 12.3. The van der Waals surface area contributed by atoms with Gasteiger partial charge in [0.05, 0.1) is 24.5 Å². The van der Waals surface area contributed by atoms with Gasteiger partial charge < -0.3 is 9.15 Å². The minimum atomic E-state index is -3.55. The van der Waals surface area contributed by atoms with Crippen LogP contribution in [0.15, 0.2) is 46.1 Å². The van der Waals surface area contributed by atoms with Crippen LogP contribution in [0.5, 0.6) is 5.75 Å². The van der Waals surface area contributed by atoms with Crippen molar-refractivity contribution in [2.24, 2.45) is 0 Å². The molecule has 1 aromatic heterocycles. The topological polar surface area (TPSA) is 68.5 Å². The van der Waals surface area contributed by atoms with Crippen LogP contribution in [0, 0.1) is 6.92 Å². The first-order chi connectivity index (χ1) is 9.92. The summed E-state index contributed by atoms with van der Waals surface area (Å²) in [6.07, 6.45) is 3.76. The SMILES string of the molecule is COc1ccc(S(=O)(=O)NC(C)Cc2ccoc2)cc1C. The van der Waals surface area contributed by atoms with Gasteiger partial charge in [-0.1, -0.05) is 0 Å². The van der Waals surface area contributed by atoms with Crippen molar-refractivity contribution in [1.29, 1.82) is 0 Å². The number of rotatable bonds is 6. The van der Waals surface area contributed by atoms with Crippen molar-refractivity contribution in [3.63, 3.8) is 0 Å². The molecule has 0 aliphatic heterocycles. The van der Waals surface area contributed by atoms with E-state index in [0.29, 0.717) is 12.2 Å². The van der Waals surface area contributed by atoms with Gasteiger partial charge in [0.15, 0.2) is 0 Å². The minimum Gasteiger partial charge on any atom is -0.496 e. The second kappa shape index (κ2) is 6.32. The Morgan fingerprint density at radius 3 is 2.67 bits per heavy atom. The summed E-state index contributed by atoms with van der Waals surface area (Å²) in [5, 5.41) is 0. The molecule has 1 heterocycles. The quantitative estimate of drug-likeness (QED) is 0.890. The highest BCUT2D eigenvalue weighted by Crippen LogP contribution is 2.21. The maximum atomic E-state index is 12.3. The first kappa shape index (κ1) is 15.6. The van der Waals surface area contributed by atoms with Gasteiger partial charge in [-0.3, -0.25) is 0 Å². The van der Waals surface area contributed by atoms with Crippen LogP contribution in [-0.2, 0) is 16.4 Å². The van der Waals surface area contributed by atoms with E-state index in [2.05, 4.69) is 4.72 Å². The van der Waals surface area contributed by atoms with E-state index in [1.54, 1.807) is 37.8 Å². The fourth-order valence-corrected chi connectivity index (χ4v) is 3.48. The van der Waals surface area contributed by atoms with Crippen molar-refractivity contribution in [2.75, 3.05) is 7.11 Å². The largest absolute Gasteiger partial charge is 0.496 e. The third kappa shape index (κ3) is 3.86. The van der Waals surface area contributed by atoms with Crippen molar-refractivity contribution >= 4 is 10.0 Å². The smallest absolute Gasteiger partial charge is 0.240 e. The number of hydrogen-bond donors (Lipinski definition) is 1. The lowest BCUT2D eigenvalue weighted by atomic mass is 10.1. The molecule has 0 bridgehead atoms. The van der Waals surface area contributed by atoms with E-state index in [0.717, 1.165) is 11.1 Å². The molecule has 0 radical (unpaired) electrons. The Morgan fingerprint density at radius 2 is 2.10 bits per heavy atom. The summed E-state index contributed by atoms with van der Waals surface area (Å²) in [7, 11) is -1.99. The molecule has 0 saturated heterocycles. The van der Waals surface area contributed by atoms with E-state index in [4.69, 9.17) is 9.15 Å². The molecule has 0 saturated carbocycles. The molecule has 0 spiro atoms. The standard InChI is InChI=1S/C15H19NO4S/c1-11-8-14(4-5-15(11)19-3)21(17,18)16-12(2)9-13-6-7-20-10-13/h4-8,10,12,16H,9H2,1-3H3. The second-order valence-corrected chi connectivity index (χ2v) is 6.70. The summed E-state index contributed by atoms with van der Waals surface area (Å²) in [6, 6.07) is 6.40. The van der Waals surface area contributed by atoms with Crippen molar-refractivity contribution in [1.82, 2.24) is 4.72 Å². The lowest BCUT2D eigenvalue weighted by Gasteiger charge is -2.14. The number of methoxy groups -OCH3 is 1. The number of sulfonamides is 1. The molecule has 2 rings (SSSR count). The van der Waals surface area contributed by atoms with Crippen LogP contribution in [0.3, 0.4) is 0 Å². The Morgan fingerprint density at radius 1 is 1.33 bits per heavy atom. The highest BCUT2D eigenvalue weighted by molar-refractivity contribution is 7.89. The average Bonchev–Trinajstić information content (AvgIpc) is 2.90. The van der Waals surface area contributed by atoms with Gasteiger partial charge in [-0.15, -0.1) is 0 Å². The third-order valence-electron chi connectivity index (χ3n) is 3.15. The van der Waals surface area contributed by atoms with Gasteiger partial charge in [0.1, 0.15) is 5.75 Å². The molecule has 2 aromatic rings. The summed E-state index contributed by atoms with van der Waals surface area (Å²) in [4.78, 5) is 0.236. The molecule has 0 amide bonds.